The average Bonchev–Trinajstić information content (AvgIpc) is 3.38. The fourth-order valence-electron chi connectivity index (χ4n) is 7.40. The van der Waals surface area contributed by atoms with Crippen LogP contribution in [0.1, 0.15) is 11.7 Å². The molecule has 1 aliphatic carbocycles. The van der Waals surface area contributed by atoms with Gasteiger partial charge in [-0.1, -0.05) is 164 Å². The van der Waals surface area contributed by atoms with Crippen LogP contribution in [0.4, 0.5) is 0 Å². The number of hydrogen-bond acceptors (Lipinski definition) is 4. The molecule has 0 bridgehead atoms. The molecule has 0 saturated carbocycles. The van der Waals surface area contributed by atoms with E-state index >= 15 is 0 Å². The quantitative estimate of drug-likeness (QED) is 0.184. The molecule has 1 aliphatic rings. The van der Waals surface area contributed by atoms with E-state index in [1.807, 2.05) is 54.6 Å². The Kier molecular flexibility index (Phi) is 7.17. The van der Waals surface area contributed by atoms with Crippen LogP contribution in [0.15, 0.2) is 186 Å². The first-order chi connectivity index (χ1) is 25.8. The highest BCUT2D eigenvalue weighted by Gasteiger charge is 2.21. The van der Waals surface area contributed by atoms with Crippen molar-refractivity contribution in [3.8, 4) is 45.0 Å². The van der Waals surface area contributed by atoms with Gasteiger partial charge in [0, 0.05) is 27.3 Å². The number of fused-ring (bicyclic) bond motifs is 6. The van der Waals surface area contributed by atoms with E-state index < -0.39 is 0 Å². The summed E-state index contributed by atoms with van der Waals surface area (Å²) in [7, 11) is 0. The molecular weight excluding hydrogens is 635 g/mol. The molecule has 0 spiro atoms. The van der Waals surface area contributed by atoms with E-state index in [2.05, 4.69) is 127 Å². The third-order valence-electron chi connectivity index (χ3n) is 9.98. The zero-order valence-corrected chi connectivity index (χ0v) is 28.1. The highest BCUT2D eigenvalue weighted by atomic mass is 16.3. The van der Waals surface area contributed by atoms with Crippen molar-refractivity contribution in [2.45, 2.75) is 5.92 Å². The molecule has 0 radical (unpaired) electrons. The Morgan fingerprint density at radius 2 is 1.10 bits per heavy atom. The number of aromatic nitrogens is 3. The largest absolute Gasteiger partial charge is 0.455 e. The van der Waals surface area contributed by atoms with Crippen molar-refractivity contribution in [2.24, 2.45) is 0 Å². The highest BCUT2D eigenvalue weighted by molar-refractivity contribution is 6.21. The summed E-state index contributed by atoms with van der Waals surface area (Å²) in [6.07, 6.45) is 12.4. The van der Waals surface area contributed by atoms with Crippen molar-refractivity contribution in [1.29, 1.82) is 0 Å². The number of benzene rings is 7. The van der Waals surface area contributed by atoms with E-state index in [1.165, 1.54) is 21.9 Å². The van der Waals surface area contributed by atoms with Gasteiger partial charge < -0.3 is 4.42 Å². The fraction of sp³-hybridized carbons (Fsp3) is 0.0208. The molecule has 0 atom stereocenters. The van der Waals surface area contributed by atoms with Gasteiger partial charge in [0.05, 0.1) is 5.92 Å². The Balaban J connectivity index is 1.13. The first-order valence-electron chi connectivity index (χ1n) is 17.6. The molecule has 2 heterocycles. The molecule has 244 valence electrons. The van der Waals surface area contributed by atoms with E-state index in [0.29, 0.717) is 17.5 Å². The maximum absolute atomic E-state index is 6.81. The second-order valence-corrected chi connectivity index (χ2v) is 13.2. The summed E-state index contributed by atoms with van der Waals surface area (Å²) < 4.78 is 6.81. The van der Waals surface area contributed by atoms with Gasteiger partial charge in [-0.25, -0.2) is 15.0 Å². The predicted octanol–water partition coefficient (Wildman–Crippen LogP) is 12.5. The lowest BCUT2D eigenvalue weighted by Gasteiger charge is -2.12. The van der Waals surface area contributed by atoms with Gasteiger partial charge in [0.2, 0.25) is 0 Å². The van der Waals surface area contributed by atoms with Gasteiger partial charge in [-0.3, -0.25) is 0 Å². The van der Waals surface area contributed by atoms with Crippen LogP contribution < -0.4 is 0 Å². The van der Waals surface area contributed by atoms with Crippen molar-refractivity contribution >= 4 is 43.5 Å². The smallest absolute Gasteiger partial charge is 0.164 e. The van der Waals surface area contributed by atoms with Crippen LogP contribution >= 0.6 is 0 Å². The van der Waals surface area contributed by atoms with Gasteiger partial charge in [0.15, 0.2) is 11.6 Å². The van der Waals surface area contributed by atoms with Crippen molar-refractivity contribution in [3.05, 3.63) is 188 Å². The van der Waals surface area contributed by atoms with Crippen LogP contribution in [-0.2, 0) is 0 Å². The third-order valence-corrected chi connectivity index (χ3v) is 9.98. The molecule has 2 aromatic heterocycles. The average molecular weight is 666 g/mol. The minimum atomic E-state index is -0.0918. The second-order valence-electron chi connectivity index (χ2n) is 13.2. The number of furan rings is 1. The molecule has 7 aromatic carbocycles. The van der Waals surface area contributed by atoms with Gasteiger partial charge in [-0.2, -0.15) is 0 Å². The van der Waals surface area contributed by atoms with Crippen molar-refractivity contribution in [1.82, 2.24) is 15.0 Å². The van der Waals surface area contributed by atoms with Gasteiger partial charge in [-0.15, -0.1) is 0 Å². The molecule has 0 unspecified atom stereocenters. The molecule has 0 saturated heterocycles. The summed E-state index contributed by atoms with van der Waals surface area (Å²) in [5.74, 6) is 1.87. The van der Waals surface area contributed by atoms with Crippen LogP contribution in [0.25, 0.3) is 88.5 Å². The number of hydrogen-bond donors (Lipinski definition) is 0. The number of nitrogens with zero attached hydrogens (tertiary/aromatic N) is 3. The van der Waals surface area contributed by atoms with Crippen molar-refractivity contribution in [3.63, 3.8) is 0 Å². The van der Waals surface area contributed by atoms with E-state index in [1.54, 1.807) is 0 Å². The summed E-state index contributed by atoms with van der Waals surface area (Å²) in [4.78, 5) is 15.3. The lowest BCUT2D eigenvalue weighted by molar-refractivity contribution is 0.673. The first-order valence-corrected chi connectivity index (χ1v) is 17.6. The minimum absolute atomic E-state index is 0.0918. The second kappa shape index (κ2) is 12.4. The van der Waals surface area contributed by atoms with Gasteiger partial charge in [0.1, 0.15) is 17.0 Å². The molecule has 0 fully saturated rings. The zero-order chi connectivity index (χ0) is 34.4. The summed E-state index contributed by atoms with van der Waals surface area (Å²) >= 11 is 0. The third kappa shape index (κ3) is 5.21. The van der Waals surface area contributed by atoms with Crippen LogP contribution in [0.3, 0.4) is 0 Å². The lowest BCUT2D eigenvalue weighted by atomic mass is 9.95. The van der Waals surface area contributed by atoms with Gasteiger partial charge in [0.25, 0.3) is 0 Å². The molecule has 4 nitrogen and oxygen atoms in total. The summed E-state index contributed by atoms with van der Waals surface area (Å²) in [5.41, 5.74) is 8.16. The lowest BCUT2D eigenvalue weighted by Crippen LogP contribution is -2.06. The Labute approximate surface area is 300 Å². The van der Waals surface area contributed by atoms with Crippen LogP contribution in [0.5, 0.6) is 0 Å². The molecule has 0 N–H and O–H groups in total. The van der Waals surface area contributed by atoms with E-state index in [0.717, 1.165) is 55.0 Å². The van der Waals surface area contributed by atoms with Crippen LogP contribution in [0.2, 0.25) is 0 Å². The molecule has 10 rings (SSSR count). The first kappa shape index (κ1) is 30.0. The zero-order valence-electron chi connectivity index (χ0n) is 28.1. The van der Waals surface area contributed by atoms with E-state index in [9.17, 15) is 0 Å². The summed E-state index contributed by atoms with van der Waals surface area (Å²) in [5, 5.41) is 6.63. The fourth-order valence-corrected chi connectivity index (χ4v) is 7.40. The Morgan fingerprint density at radius 3 is 1.92 bits per heavy atom. The SMILES string of the molecule is C1=CC=CC(c2nc(-c3ccccc3)nc(-c3cc4ccccc4c4oc5cc(-c6ccc(-c7cccc8ccccc78)cc6)ccc5c34)n2)C=C1. The monoisotopic (exact) mass is 665 g/mol. The summed E-state index contributed by atoms with van der Waals surface area (Å²) in [6.45, 7) is 0. The molecule has 0 aliphatic heterocycles. The van der Waals surface area contributed by atoms with E-state index in [4.69, 9.17) is 19.4 Å². The number of allylic oxidation sites excluding steroid dienone is 6. The maximum Gasteiger partial charge on any atom is 0.164 e. The molecule has 4 heteroatoms. The molecule has 0 amide bonds. The minimum Gasteiger partial charge on any atom is -0.455 e. The normalized spacial score (nSPS) is 13.1. The summed E-state index contributed by atoms with van der Waals surface area (Å²) in [6, 6.07) is 51.0. The van der Waals surface area contributed by atoms with E-state index in [-0.39, 0.29) is 5.92 Å². The Bertz CT molecular complexity index is 2880. The van der Waals surface area contributed by atoms with Crippen LogP contribution in [-0.4, -0.2) is 15.0 Å². The molecule has 9 aromatic rings. The Morgan fingerprint density at radius 1 is 0.423 bits per heavy atom. The van der Waals surface area contributed by atoms with Gasteiger partial charge >= 0.3 is 0 Å². The van der Waals surface area contributed by atoms with Crippen molar-refractivity contribution < 1.29 is 4.42 Å². The van der Waals surface area contributed by atoms with Crippen LogP contribution in [0, 0.1) is 0 Å². The standard InChI is InChI=1S/C48H31N3O/c1-2-5-15-34(14-4-1)46-49-47(35-16-6-3-7-17-35)51-48(50-46)42-29-37-18-9-11-21-40(37)45-44(42)41-28-27-36(30-43(41)52-45)31-23-25-33(26-24-31)39-22-12-19-32-13-8-10-20-38(32)39/h1-30,34H. The molecule has 52 heavy (non-hydrogen) atoms. The number of rotatable bonds is 5. The van der Waals surface area contributed by atoms with Gasteiger partial charge in [-0.05, 0) is 56.6 Å². The Hall–Kier alpha value is -6.91. The maximum atomic E-state index is 6.81. The molecular formula is C48H31N3O. The van der Waals surface area contributed by atoms with Crippen molar-refractivity contribution in [2.75, 3.05) is 0 Å². The topological polar surface area (TPSA) is 51.8 Å². The predicted molar refractivity (Wildman–Crippen MR) is 214 cm³/mol. The highest BCUT2D eigenvalue weighted by Crippen LogP contribution is 2.42.